The van der Waals surface area contributed by atoms with Crippen LogP contribution in [-0.4, -0.2) is 23.6 Å². The van der Waals surface area contributed by atoms with Crippen molar-refractivity contribution in [3.05, 3.63) is 23.8 Å². The van der Waals surface area contributed by atoms with Crippen molar-refractivity contribution in [3.8, 4) is 0 Å². The van der Waals surface area contributed by atoms with Crippen molar-refractivity contribution in [2.45, 2.75) is 31.6 Å². The van der Waals surface area contributed by atoms with Crippen molar-refractivity contribution in [3.63, 3.8) is 0 Å². The molecule has 1 aromatic heterocycles. The Hall–Kier alpha value is -0.960. The van der Waals surface area contributed by atoms with Crippen LogP contribution in [0.3, 0.4) is 0 Å². The van der Waals surface area contributed by atoms with E-state index in [1.807, 2.05) is 19.4 Å². The molecule has 0 atom stereocenters. The summed E-state index contributed by atoms with van der Waals surface area (Å²) in [5.74, 6) is 1.69. The summed E-state index contributed by atoms with van der Waals surface area (Å²) in [5, 5.41) is 3.10. The molecule has 0 amide bonds. The van der Waals surface area contributed by atoms with Crippen molar-refractivity contribution >= 4 is 0 Å². The summed E-state index contributed by atoms with van der Waals surface area (Å²) in [4.78, 5) is 8.74. The molecule has 1 aromatic rings. The molecule has 1 saturated carbocycles. The molecule has 0 unspecified atom stereocenters. The van der Waals surface area contributed by atoms with E-state index in [0.717, 1.165) is 24.7 Å². The van der Waals surface area contributed by atoms with Crippen LogP contribution in [0.15, 0.2) is 12.4 Å². The molecule has 76 valence electrons. The smallest absolute Gasteiger partial charge is 0.129 e. The Kier molecular flexibility index (Phi) is 3.09. The average Bonchev–Trinajstić information content (AvgIpc) is 2.14. The van der Waals surface area contributed by atoms with E-state index in [1.165, 1.54) is 24.8 Å². The zero-order valence-corrected chi connectivity index (χ0v) is 8.66. The lowest BCUT2D eigenvalue weighted by molar-refractivity contribution is 0.417. The van der Waals surface area contributed by atoms with Crippen LogP contribution in [0.4, 0.5) is 0 Å². The van der Waals surface area contributed by atoms with E-state index in [2.05, 4.69) is 15.3 Å². The van der Waals surface area contributed by atoms with Crippen molar-refractivity contribution in [1.29, 1.82) is 0 Å². The van der Waals surface area contributed by atoms with Gasteiger partial charge in [-0.15, -0.1) is 0 Å². The largest absolute Gasteiger partial charge is 0.319 e. The Bertz CT molecular complexity index is 277. The van der Waals surface area contributed by atoms with Gasteiger partial charge in [0.25, 0.3) is 0 Å². The maximum absolute atomic E-state index is 4.37. The maximum atomic E-state index is 4.37. The van der Waals surface area contributed by atoms with Crippen LogP contribution >= 0.6 is 0 Å². The van der Waals surface area contributed by atoms with E-state index >= 15 is 0 Å². The van der Waals surface area contributed by atoms with E-state index < -0.39 is 0 Å². The second-order valence-corrected chi connectivity index (χ2v) is 3.91. The molecule has 3 heteroatoms. The molecule has 1 heterocycles. The molecule has 1 N–H and O–H groups in total. The zero-order valence-electron chi connectivity index (χ0n) is 8.66. The first-order valence-electron chi connectivity index (χ1n) is 5.35. The summed E-state index contributed by atoms with van der Waals surface area (Å²) in [6, 6.07) is 0. The minimum atomic E-state index is 0.744. The Morgan fingerprint density at radius 3 is 2.57 bits per heavy atom. The molecular formula is C11H17N3. The minimum Gasteiger partial charge on any atom is -0.319 e. The highest BCUT2D eigenvalue weighted by molar-refractivity contribution is 5.14. The molecule has 1 aliphatic rings. The van der Waals surface area contributed by atoms with E-state index in [4.69, 9.17) is 0 Å². The van der Waals surface area contributed by atoms with Gasteiger partial charge >= 0.3 is 0 Å². The highest BCUT2D eigenvalue weighted by atomic mass is 14.9. The Morgan fingerprint density at radius 1 is 1.36 bits per heavy atom. The van der Waals surface area contributed by atoms with Crippen molar-refractivity contribution in [2.24, 2.45) is 0 Å². The molecule has 0 aliphatic heterocycles. The third-order valence-corrected chi connectivity index (χ3v) is 2.90. The number of likely N-dealkylation sites (N-methyl/N-ethyl adjacent to an activating group) is 1. The van der Waals surface area contributed by atoms with Crippen LogP contribution in [0.1, 0.15) is 36.6 Å². The van der Waals surface area contributed by atoms with Gasteiger partial charge < -0.3 is 5.32 Å². The van der Waals surface area contributed by atoms with E-state index in [1.54, 1.807) is 0 Å². The summed E-state index contributed by atoms with van der Waals surface area (Å²) in [7, 11) is 1.95. The van der Waals surface area contributed by atoms with E-state index in [9.17, 15) is 0 Å². The number of nitrogens with one attached hydrogen (secondary N) is 1. The number of hydrogen-bond donors (Lipinski definition) is 1. The fourth-order valence-corrected chi connectivity index (χ4v) is 1.68. The Labute approximate surface area is 85.0 Å². The van der Waals surface area contributed by atoms with Gasteiger partial charge in [0, 0.05) is 25.4 Å². The average molecular weight is 191 g/mol. The van der Waals surface area contributed by atoms with Gasteiger partial charge in [-0.25, -0.2) is 9.97 Å². The predicted octanol–water partition coefficient (Wildman–Crippen LogP) is 1.51. The first-order valence-corrected chi connectivity index (χ1v) is 5.35. The van der Waals surface area contributed by atoms with Crippen molar-refractivity contribution in [2.75, 3.05) is 13.6 Å². The third-order valence-electron chi connectivity index (χ3n) is 2.90. The van der Waals surface area contributed by atoms with Gasteiger partial charge in [-0.1, -0.05) is 6.42 Å². The summed E-state index contributed by atoms with van der Waals surface area (Å²) < 4.78 is 0. The topological polar surface area (TPSA) is 37.8 Å². The van der Waals surface area contributed by atoms with Crippen LogP contribution in [-0.2, 0) is 6.42 Å². The highest BCUT2D eigenvalue weighted by Crippen LogP contribution is 2.35. The van der Waals surface area contributed by atoms with Crippen LogP contribution < -0.4 is 5.32 Å². The second kappa shape index (κ2) is 4.51. The van der Waals surface area contributed by atoms with Crippen LogP contribution in [0.2, 0.25) is 0 Å². The monoisotopic (exact) mass is 191 g/mol. The molecule has 0 saturated heterocycles. The van der Waals surface area contributed by atoms with Gasteiger partial charge in [0.15, 0.2) is 0 Å². The molecular weight excluding hydrogens is 174 g/mol. The lowest BCUT2D eigenvalue weighted by Crippen LogP contribution is -2.13. The van der Waals surface area contributed by atoms with Gasteiger partial charge in [0.05, 0.1) is 0 Å². The van der Waals surface area contributed by atoms with Crippen molar-refractivity contribution in [1.82, 2.24) is 15.3 Å². The Morgan fingerprint density at radius 2 is 2.07 bits per heavy atom. The van der Waals surface area contributed by atoms with Gasteiger partial charge in [0.1, 0.15) is 5.82 Å². The van der Waals surface area contributed by atoms with Crippen LogP contribution in [0, 0.1) is 0 Å². The fraction of sp³-hybridized carbons (Fsp3) is 0.636. The lowest BCUT2D eigenvalue weighted by Gasteiger charge is -2.24. The van der Waals surface area contributed by atoms with Crippen molar-refractivity contribution < 1.29 is 0 Å². The molecule has 1 fully saturated rings. The van der Waals surface area contributed by atoms with Crippen LogP contribution in [0.25, 0.3) is 0 Å². The number of rotatable bonds is 4. The summed E-state index contributed by atoms with van der Waals surface area (Å²) in [6.07, 6.45) is 8.93. The quantitative estimate of drug-likeness (QED) is 0.784. The summed E-state index contributed by atoms with van der Waals surface area (Å²) >= 11 is 0. The zero-order chi connectivity index (χ0) is 9.80. The summed E-state index contributed by atoms with van der Waals surface area (Å²) in [5.41, 5.74) is 1.32. The first-order chi connectivity index (χ1) is 6.90. The van der Waals surface area contributed by atoms with Gasteiger partial charge in [-0.3, -0.25) is 0 Å². The molecule has 2 rings (SSSR count). The lowest BCUT2D eigenvalue weighted by atomic mass is 9.81. The normalized spacial score (nSPS) is 16.6. The molecule has 3 nitrogen and oxygen atoms in total. The number of hydrogen-bond acceptors (Lipinski definition) is 3. The SMILES string of the molecule is CNCCc1ncc(C2CCC2)cn1. The molecule has 0 bridgehead atoms. The van der Waals surface area contributed by atoms with Gasteiger partial charge in [-0.2, -0.15) is 0 Å². The minimum absolute atomic E-state index is 0.744. The Balaban J connectivity index is 1.95. The molecule has 0 aromatic carbocycles. The van der Waals surface area contributed by atoms with Gasteiger partial charge in [-0.05, 0) is 31.4 Å². The van der Waals surface area contributed by atoms with Gasteiger partial charge in [0.2, 0.25) is 0 Å². The standard InChI is InChI=1S/C11H17N3/c1-12-6-5-11-13-7-10(8-14-11)9-3-2-4-9/h7-9,12H,2-6H2,1H3. The first kappa shape index (κ1) is 9.59. The fourth-order valence-electron chi connectivity index (χ4n) is 1.68. The second-order valence-electron chi connectivity index (χ2n) is 3.91. The third kappa shape index (κ3) is 2.10. The number of aromatic nitrogens is 2. The highest BCUT2D eigenvalue weighted by Gasteiger charge is 2.19. The number of nitrogens with zero attached hydrogens (tertiary/aromatic N) is 2. The molecule has 0 radical (unpaired) electrons. The molecule has 0 spiro atoms. The van der Waals surface area contributed by atoms with Crippen LogP contribution in [0.5, 0.6) is 0 Å². The molecule has 1 aliphatic carbocycles. The maximum Gasteiger partial charge on any atom is 0.129 e. The summed E-state index contributed by atoms with van der Waals surface area (Å²) in [6.45, 7) is 0.947. The molecule has 14 heavy (non-hydrogen) atoms. The van der Waals surface area contributed by atoms with E-state index in [-0.39, 0.29) is 0 Å². The van der Waals surface area contributed by atoms with E-state index in [0.29, 0.717) is 0 Å². The predicted molar refractivity (Wildman–Crippen MR) is 56.3 cm³/mol.